The zero-order valence-electron chi connectivity index (χ0n) is 12.1. The summed E-state index contributed by atoms with van der Waals surface area (Å²) >= 11 is 0. The van der Waals surface area contributed by atoms with Gasteiger partial charge in [0.15, 0.2) is 0 Å². The van der Waals surface area contributed by atoms with Gasteiger partial charge in [-0.2, -0.15) is 0 Å². The highest BCUT2D eigenvalue weighted by Gasteiger charge is 2.51. The molecule has 0 atom stereocenters. The Kier molecular flexibility index (Phi) is 2.84. The number of carbonyl (C=O) groups is 1. The zero-order valence-corrected chi connectivity index (χ0v) is 12.1. The lowest BCUT2D eigenvalue weighted by Crippen LogP contribution is -2.60. The number of nitrogens with two attached hydrogens (primary N) is 1. The van der Waals surface area contributed by atoms with Gasteiger partial charge in [-0.25, -0.2) is 9.78 Å². The summed E-state index contributed by atoms with van der Waals surface area (Å²) < 4.78 is 0. The van der Waals surface area contributed by atoms with E-state index in [1.54, 1.807) is 18.2 Å². The van der Waals surface area contributed by atoms with Gasteiger partial charge in [0.25, 0.3) is 0 Å². The van der Waals surface area contributed by atoms with Crippen molar-refractivity contribution in [2.45, 2.75) is 44.1 Å². The molecule has 5 nitrogen and oxygen atoms in total. The summed E-state index contributed by atoms with van der Waals surface area (Å²) in [4.78, 5) is 16.4. The van der Waals surface area contributed by atoms with Crippen molar-refractivity contribution >= 4 is 17.7 Å². The monoisotopic (exact) mass is 286 g/mol. The predicted octanol–water partition coefficient (Wildman–Crippen LogP) is 2.75. The first-order valence-electron chi connectivity index (χ1n) is 7.92. The molecule has 1 aromatic heterocycles. The molecule has 2 amide bonds. The van der Waals surface area contributed by atoms with Gasteiger partial charge in [-0.05, 0) is 68.4 Å². The van der Waals surface area contributed by atoms with E-state index in [2.05, 4.69) is 15.6 Å². The molecule has 0 aliphatic heterocycles. The lowest BCUT2D eigenvalue weighted by Gasteiger charge is -2.56. The summed E-state index contributed by atoms with van der Waals surface area (Å²) in [6.07, 6.45) is 7.57. The largest absolute Gasteiger partial charge is 0.384 e. The standard InChI is InChI=1S/C16H22N4O/c17-13-2-1-3-14(18-13)19-15(21)20-16-7-10-4-11(8-16)6-12(5-10)9-16/h1-3,10-12H,4-9H2,(H4,17,18,19,20,21). The minimum atomic E-state index is -0.143. The van der Waals surface area contributed by atoms with Crippen molar-refractivity contribution in [2.24, 2.45) is 17.8 Å². The van der Waals surface area contributed by atoms with Crippen molar-refractivity contribution in [1.29, 1.82) is 0 Å². The Hall–Kier alpha value is -1.78. The van der Waals surface area contributed by atoms with Crippen molar-refractivity contribution in [1.82, 2.24) is 10.3 Å². The van der Waals surface area contributed by atoms with Crippen LogP contribution in [0.4, 0.5) is 16.4 Å². The summed E-state index contributed by atoms with van der Waals surface area (Å²) in [5, 5.41) is 6.08. The van der Waals surface area contributed by atoms with E-state index in [1.807, 2.05) is 0 Å². The number of rotatable bonds is 2. The van der Waals surface area contributed by atoms with E-state index in [0.29, 0.717) is 11.6 Å². The van der Waals surface area contributed by atoms with Gasteiger partial charge in [0.05, 0.1) is 0 Å². The molecule has 4 aliphatic rings. The second-order valence-electron chi connectivity index (χ2n) is 7.22. The smallest absolute Gasteiger partial charge is 0.320 e. The van der Waals surface area contributed by atoms with Crippen LogP contribution in [0.15, 0.2) is 18.2 Å². The van der Waals surface area contributed by atoms with Crippen LogP contribution in [0.5, 0.6) is 0 Å². The second-order valence-corrected chi connectivity index (χ2v) is 7.22. The maximum absolute atomic E-state index is 12.3. The van der Waals surface area contributed by atoms with Crippen LogP contribution < -0.4 is 16.4 Å². The molecule has 0 radical (unpaired) electrons. The average molecular weight is 286 g/mol. The summed E-state index contributed by atoms with van der Waals surface area (Å²) in [5.74, 6) is 3.39. The molecule has 4 aliphatic carbocycles. The van der Waals surface area contributed by atoms with E-state index >= 15 is 0 Å². The van der Waals surface area contributed by atoms with E-state index in [4.69, 9.17) is 5.73 Å². The van der Waals surface area contributed by atoms with E-state index in [1.165, 1.54) is 19.3 Å². The molecular formula is C16H22N4O. The lowest BCUT2D eigenvalue weighted by atomic mass is 9.53. The molecular weight excluding hydrogens is 264 g/mol. The van der Waals surface area contributed by atoms with Gasteiger partial charge >= 0.3 is 6.03 Å². The first kappa shape index (κ1) is 12.9. The summed E-state index contributed by atoms with van der Waals surface area (Å²) in [6.45, 7) is 0. The molecule has 21 heavy (non-hydrogen) atoms. The lowest BCUT2D eigenvalue weighted by molar-refractivity contribution is -0.0127. The van der Waals surface area contributed by atoms with Gasteiger partial charge in [-0.15, -0.1) is 0 Å². The zero-order chi connectivity index (χ0) is 14.4. The molecule has 5 rings (SSSR count). The van der Waals surface area contributed by atoms with E-state index in [-0.39, 0.29) is 11.6 Å². The topological polar surface area (TPSA) is 80.0 Å². The number of nitrogens with zero attached hydrogens (tertiary/aromatic N) is 1. The van der Waals surface area contributed by atoms with Crippen molar-refractivity contribution in [3.05, 3.63) is 18.2 Å². The normalized spacial score (nSPS) is 36.5. The number of carbonyl (C=O) groups excluding carboxylic acids is 1. The summed E-state index contributed by atoms with van der Waals surface area (Å²) in [5.41, 5.74) is 5.67. The third-order valence-corrected chi connectivity index (χ3v) is 5.43. The number of urea groups is 1. The maximum atomic E-state index is 12.3. The fraction of sp³-hybridized carbons (Fsp3) is 0.625. The number of pyridine rings is 1. The molecule has 0 saturated heterocycles. The highest BCUT2D eigenvalue weighted by atomic mass is 16.2. The average Bonchev–Trinajstić information content (AvgIpc) is 2.35. The van der Waals surface area contributed by atoms with Crippen LogP contribution >= 0.6 is 0 Å². The quantitative estimate of drug-likeness (QED) is 0.782. The van der Waals surface area contributed by atoms with Crippen LogP contribution in [0.1, 0.15) is 38.5 Å². The van der Waals surface area contributed by atoms with Gasteiger partial charge in [0.2, 0.25) is 0 Å². The first-order valence-corrected chi connectivity index (χ1v) is 7.92. The minimum absolute atomic E-state index is 0.0269. The van der Waals surface area contributed by atoms with E-state index in [0.717, 1.165) is 37.0 Å². The molecule has 0 unspecified atom stereocenters. The number of hydrogen-bond acceptors (Lipinski definition) is 3. The number of anilines is 2. The van der Waals surface area contributed by atoms with Crippen LogP contribution in [-0.4, -0.2) is 16.6 Å². The van der Waals surface area contributed by atoms with Gasteiger partial charge in [-0.3, -0.25) is 5.32 Å². The van der Waals surface area contributed by atoms with Crippen LogP contribution in [0.25, 0.3) is 0 Å². The number of nitrogens with one attached hydrogen (secondary N) is 2. The van der Waals surface area contributed by atoms with Crippen LogP contribution in [0.3, 0.4) is 0 Å². The fourth-order valence-electron chi connectivity index (χ4n) is 5.17. The Morgan fingerprint density at radius 3 is 2.33 bits per heavy atom. The van der Waals surface area contributed by atoms with Crippen molar-refractivity contribution in [3.8, 4) is 0 Å². The second kappa shape index (κ2) is 4.61. The maximum Gasteiger partial charge on any atom is 0.320 e. The number of amides is 2. The van der Waals surface area contributed by atoms with Gasteiger partial charge < -0.3 is 11.1 Å². The Bertz CT molecular complexity index is 536. The predicted molar refractivity (Wildman–Crippen MR) is 81.7 cm³/mol. The number of hydrogen-bond donors (Lipinski definition) is 3. The highest BCUT2D eigenvalue weighted by Crippen LogP contribution is 2.55. The van der Waals surface area contributed by atoms with Crippen LogP contribution in [0, 0.1) is 17.8 Å². The van der Waals surface area contributed by atoms with E-state index in [9.17, 15) is 4.79 Å². The fourth-order valence-corrected chi connectivity index (χ4v) is 5.17. The Labute approximate surface area is 124 Å². The van der Waals surface area contributed by atoms with Crippen LogP contribution in [0.2, 0.25) is 0 Å². The first-order chi connectivity index (χ1) is 10.1. The third-order valence-electron chi connectivity index (χ3n) is 5.43. The molecule has 4 N–H and O–H groups in total. The number of nitrogen functional groups attached to an aromatic ring is 1. The van der Waals surface area contributed by atoms with Gasteiger partial charge in [0.1, 0.15) is 11.6 Å². The Morgan fingerprint density at radius 2 is 1.76 bits per heavy atom. The van der Waals surface area contributed by atoms with Crippen LogP contribution in [-0.2, 0) is 0 Å². The molecule has 0 aromatic carbocycles. The summed E-state index contributed by atoms with van der Waals surface area (Å²) in [7, 11) is 0. The van der Waals surface area contributed by atoms with E-state index < -0.39 is 0 Å². The molecule has 5 heteroatoms. The van der Waals surface area contributed by atoms with Gasteiger partial charge in [0, 0.05) is 5.54 Å². The number of aromatic nitrogens is 1. The molecule has 1 heterocycles. The van der Waals surface area contributed by atoms with Crippen molar-refractivity contribution in [2.75, 3.05) is 11.1 Å². The SMILES string of the molecule is Nc1cccc(NC(=O)NC23CC4CC(CC(C4)C2)C3)n1. The molecule has 4 fully saturated rings. The van der Waals surface area contributed by atoms with Crippen molar-refractivity contribution in [3.63, 3.8) is 0 Å². The molecule has 1 aromatic rings. The molecule has 4 bridgehead atoms. The molecule has 112 valence electrons. The Morgan fingerprint density at radius 1 is 1.14 bits per heavy atom. The Balaban J connectivity index is 1.45. The third kappa shape index (κ3) is 2.45. The summed E-state index contributed by atoms with van der Waals surface area (Å²) in [6, 6.07) is 5.12. The molecule has 4 saturated carbocycles. The van der Waals surface area contributed by atoms with Crippen molar-refractivity contribution < 1.29 is 4.79 Å². The highest BCUT2D eigenvalue weighted by molar-refractivity contribution is 5.89. The van der Waals surface area contributed by atoms with Gasteiger partial charge in [-0.1, -0.05) is 6.07 Å². The molecule has 0 spiro atoms. The minimum Gasteiger partial charge on any atom is -0.384 e.